The molecule has 8 nitrogen and oxygen atoms in total. The minimum Gasteiger partial charge on any atom is -0.355 e. The van der Waals surface area contributed by atoms with Gasteiger partial charge in [0.15, 0.2) is 5.65 Å². The van der Waals surface area contributed by atoms with Crippen molar-refractivity contribution in [1.82, 2.24) is 29.6 Å². The summed E-state index contributed by atoms with van der Waals surface area (Å²) in [5.41, 5.74) is 1.71. The van der Waals surface area contributed by atoms with Gasteiger partial charge >= 0.3 is 0 Å². The largest absolute Gasteiger partial charge is 0.355 e. The lowest BCUT2D eigenvalue weighted by Gasteiger charge is -2.35. The second kappa shape index (κ2) is 10.7. The van der Waals surface area contributed by atoms with Crippen LogP contribution in [-0.2, 0) is 11.3 Å². The Bertz CT molecular complexity index is 1100. The molecule has 33 heavy (non-hydrogen) atoms. The number of rotatable bonds is 8. The third kappa shape index (κ3) is 5.93. The molecule has 10 heteroatoms. The topological polar surface area (TPSA) is 69.9 Å². The maximum atomic E-state index is 13.5. The summed E-state index contributed by atoms with van der Waals surface area (Å²) in [4.78, 5) is 19.8. The Labute approximate surface area is 204 Å². The molecule has 0 atom stereocenters. The number of carbonyl (C=O) groups is 1. The van der Waals surface area contributed by atoms with E-state index in [0.717, 1.165) is 55.9 Å². The van der Waals surface area contributed by atoms with Crippen molar-refractivity contribution in [2.45, 2.75) is 25.8 Å². The number of carbonyl (C=O) groups excluding carboxylic acids is 1. The van der Waals surface area contributed by atoms with E-state index in [9.17, 15) is 4.79 Å². The SMILES string of the molecule is CN(C)CCCN(Cc1ccc(Cl)c(Cl)c1)C(=O)C1CCN(c2ccc3nncn3n2)CC1. The van der Waals surface area contributed by atoms with Gasteiger partial charge in [0.05, 0.1) is 10.0 Å². The Morgan fingerprint density at radius 2 is 1.88 bits per heavy atom. The summed E-state index contributed by atoms with van der Waals surface area (Å²) in [6, 6.07) is 9.46. The molecule has 0 saturated carbocycles. The van der Waals surface area contributed by atoms with Gasteiger partial charge in [-0.25, -0.2) is 0 Å². The van der Waals surface area contributed by atoms with Gasteiger partial charge < -0.3 is 14.7 Å². The number of halogens is 2. The van der Waals surface area contributed by atoms with Crippen LogP contribution in [0.4, 0.5) is 5.82 Å². The van der Waals surface area contributed by atoms with Crippen molar-refractivity contribution in [3.63, 3.8) is 0 Å². The molecule has 0 bridgehead atoms. The van der Waals surface area contributed by atoms with Crippen LogP contribution < -0.4 is 4.90 Å². The molecular formula is C23H29Cl2N7O. The first-order chi connectivity index (χ1) is 15.9. The van der Waals surface area contributed by atoms with Crippen LogP contribution in [0.2, 0.25) is 10.0 Å². The zero-order chi connectivity index (χ0) is 23.4. The molecule has 1 aromatic carbocycles. The molecular weight excluding hydrogens is 461 g/mol. The third-order valence-electron chi connectivity index (χ3n) is 6.02. The Balaban J connectivity index is 1.41. The number of fused-ring (bicyclic) bond motifs is 1. The first-order valence-corrected chi connectivity index (χ1v) is 12.0. The maximum absolute atomic E-state index is 13.5. The van der Waals surface area contributed by atoms with Crippen LogP contribution in [0.25, 0.3) is 5.65 Å². The van der Waals surface area contributed by atoms with Gasteiger partial charge in [-0.2, -0.15) is 4.52 Å². The summed E-state index contributed by atoms with van der Waals surface area (Å²) in [6.07, 6.45) is 4.12. The highest BCUT2D eigenvalue weighted by molar-refractivity contribution is 6.42. The number of hydrogen-bond acceptors (Lipinski definition) is 6. The Morgan fingerprint density at radius 3 is 2.61 bits per heavy atom. The summed E-state index contributed by atoms with van der Waals surface area (Å²) in [7, 11) is 4.10. The van der Waals surface area contributed by atoms with E-state index >= 15 is 0 Å². The first-order valence-electron chi connectivity index (χ1n) is 11.2. The van der Waals surface area contributed by atoms with Crippen LogP contribution in [0.3, 0.4) is 0 Å². The van der Waals surface area contributed by atoms with Gasteiger partial charge in [-0.15, -0.1) is 15.3 Å². The highest BCUT2D eigenvalue weighted by Gasteiger charge is 2.29. The molecule has 3 heterocycles. The van der Waals surface area contributed by atoms with Crippen molar-refractivity contribution in [3.8, 4) is 0 Å². The van der Waals surface area contributed by atoms with Gasteiger partial charge in [0.1, 0.15) is 12.1 Å². The van der Waals surface area contributed by atoms with E-state index in [1.54, 1.807) is 16.9 Å². The molecule has 3 aromatic rings. The van der Waals surface area contributed by atoms with Crippen LogP contribution in [0.15, 0.2) is 36.7 Å². The molecule has 2 aromatic heterocycles. The maximum Gasteiger partial charge on any atom is 0.226 e. The summed E-state index contributed by atoms with van der Waals surface area (Å²) < 4.78 is 1.68. The fourth-order valence-electron chi connectivity index (χ4n) is 4.20. The number of benzene rings is 1. The molecule has 0 unspecified atom stereocenters. The number of piperidine rings is 1. The molecule has 1 aliphatic rings. The van der Waals surface area contributed by atoms with E-state index in [2.05, 4.69) is 25.1 Å². The van der Waals surface area contributed by atoms with Crippen molar-refractivity contribution in [2.24, 2.45) is 5.92 Å². The predicted molar refractivity (Wildman–Crippen MR) is 131 cm³/mol. The fourth-order valence-corrected chi connectivity index (χ4v) is 4.52. The van der Waals surface area contributed by atoms with E-state index in [-0.39, 0.29) is 11.8 Å². The molecule has 1 amide bonds. The van der Waals surface area contributed by atoms with E-state index in [4.69, 9.17) is 23.2 Å². The van der Waals surface area contributed by atoms with Crippen molar-refractivity contribution in [2.75, 3.05) is 45.2 Å². The zero-order valence-corrected chi connectivity index (χ0v) is 20.5. The molecule has 1 saturated heterocycles. The van der Waals surface area contributed by atoms with E-state index in [0.29, 0.717) is 23.1 Å². The second-order valence-corrected chi connectivity index (χ2v) is 9.57. The number of hydrogen-bond donors (Lipinski definition) is 0. The smallest absolute Gasteiger partial charge is 0.226 e. The Morgan fingerprint density at radius 1 is 1.09 bits per heavy atom. The quantitative estimate of drug-likeness (QED) is 0.481. The monoisotopic (exact) mass is 489 g/mol. The highest BCUT2D eigenvalue weighted by atomic mass is 35.5. The summed E-state index contributed by atoms with van der Waals surface area (Å²) in [5, 5.41) is 13.5. The van der Waals surface area contributed by atoms with Crippen LogP contribution in [0.5, 0.6) is 0 Å². The second-order valence-electron chi connectivity index (χ2n) is 8.75. The first kappa shape index (κ1) is 23.7. The van der Waals surface area contributed by atoms with Crippen molar-refractivity contribution in [1.29, 1.82) is 0 Å². The van der Waals surface area contributed by atoms with Crippen LogP contribution in [-0.4, -0.2) is 75.8 Å². The van der Waals surface area contributed by atoms with Crippen LogP contribution in [0.1, 0.15) is 24.8 Å². The number of amides is 1. The summed E-state index contributed by atoms with van der Waals surface area (Å²) >= 11 is 12.3. The molecule has 0 spiro atoms. The Hall–Kier alpha value is -2.42. The molecule has 1 fully saturated rings. The lowest BCUT2D eigenvalue weighted by molar-refractivity contribution is -0.137. The number of anilines is 1. The van der Waals surface area contributed by atoms with Crippen molar-refractivity contribution in [3.05, 3.63) is 52.3 Å². The molecule has 0 radical (unpaired) electrons. The molecule has 0 aliphatic carbocycles. The average Bonchev–Trinajstić information content (AvgIpc) is 3.28. The van der Waals surface area contributed by atoms with Crippen molar-refractivity contribution >= 4 is 40.6 Å². The molecule has 4 rings (SSSR count). The van der Waals surface area contributed by atoms with E-state index < -0.39 is 0 Å². The van der Waals surface area contributed by atoms with Crippen LogP contribution >= 0.6 is 23.2 Å². The highest BCUT2D eigenvalue weighted by Crippen LogP contribution is 2.26. The van der Waals surface area contributed by atoms with Crippen molar-refractivity contribution < 1.29 is 4.79 Å². The Kier molecular flexibility index (Phi) is 7.67. The van der Waals surface area contributed by atoms with Crippen LogP contribution in [0, 0.1) is 5.92 Å². The zero-order valence-electron chi connectivity index (χ0n) is 19.0. The minimum absolute atomic E-state index is 0.00187. The minimum atomic E-state index is 0.00187. The third-order valence-corrected chi connectivity index (χ3v) is 6.76. The molecule has 0 N–H and O–H groups in total. The van der Waals surface area contributed by atoms with Gasteiger partial charge in [0.25, 0.3) is 0 Å². The fraction of sp³-hybridized carbons (Fsp3) is 0.478. The molecule has 1 aliphatic heterocycles. The normalized spacial score (nSPS) is 14.9. The van der Waals surface area contributed by atoms with E-state index in [1.165, 1.54) is 0 Å². The number of aromatic nitrogens is 4. The molecule has 176 valence electrons. The van der Waals surface area contributed by atoms with Gasteiger partial charge in [-0.1, -0.05) is 29.3 Å². The summed E-state index contributed by atoms with van der Waals surface area (Å²) in [5.74, 6) is 1.09. The lowest BCUT2D eigenvalue weighted by atomic mass is 9.95. The van der Waals surface area contributed by atoms with Gasteiger partial charge in [-0.3, -0.25) is 4.79 Å². The van der Waals surface area contributed by atoms with E-state index in [1.807, 2.05) is 43.3 Å². The van der Waals surface area contributed by atoms with Gasteiger partial charge in [0.2, 0.25) is 5.91 Å². The predicted octanol–water partition coefficient (Wildman–Crippen LogP) is 3.63. The van der Waals surface area contributed by atoms with Gasteiger partial charge in [0, 0.05) is 32.1 Å². The summed E-state index contributed by atoms with van der Waals surface area (Å²) in [6.45, 7) is 3.75. The number of nitrogens with zero attached hydrogens (tertiary/aromatic N) is 7. The lowest BCUT2D eigenvalue weighted by Crippen LogP contribution is -2.43. The standard InChI is InChI=1S/C23H29Cl2N7O/c1-29(2)10-3-11-31(15-17-4-5-19(24)20(25)14-17)23(33)18-8-12-30(13-9-18)22-7-6-21-27-26-16-32(21)28-22/h4-7,14,16,18H,3,8-13,15H2,1-2H3. The average molecular weight is 490 g/mol. The van der Waals surface area contributed by atoms with Gasteiger partial charge in [-0.05, 0) is 69.7 Å².